The van der Waals surface area contributed by atoms with Crippen molar-refractivity contribution in [2.75, 3.05) is 11.1 Å². The topological polar surface area (TPSA) is 179 Å². The van der Waals surface area contributed by atoms with Crippen LogP contribution in [0, 0.1) is 0 Å². The second-order valence-corrected chi connectivity index (χ2v) is 27.9. The first-order valence-electron chi connectivity index (χ1n) is 32.2. The van der Waals surface area contributed by atoms with Crippen LogP contribution < -0.4 is 30.0 Å². The molecule has 0 bridgehead atoms. The maximum Gasteiger partial charge on any atom is 0.162 e. The average Bonchev–Trinajstić information content (AvgIpc) is 1.51. The van der Waals surface area contributed by atoms with E-state index in [4.69, 9.17) is 29.8 Å². The smallest absolute Gasteiger partial charge is 0.162 e. The van der Waals surface area contributed by atoms with Gasteiger partial charge in [-0.1, -0.05) is 169 Å². The number of nitrogens with two attached hydrogens (primary N) is 1. The Morgan fingerprint density at radius 1 is 0.500 bits per heavy atom. The highest BCUT2D eigenvalue weighted by Gasteiger charge is 2.42. The number of anilines is 2. The maximum absolute atomic E-state index is 13.9. The summed E-state index contributed by atoms with van der Waals surface area (Å²) in [5.41, 5.74) is 16.3. The Labute approximate surface area is 544 Å². The molecule has 1 atom stereocenters. The molecule has 1 saturated carbocycles. The number of benzene rings is 6. The number of fused-ring (bicyclic) bond motifs is 1. The van der Waals surface area contributed by atoms with Crippen molar-refractivity contribution in [3.63, 3.8) is 0 Å². The first-order valence-corrected chi connectivity index (χ1v) is 32.2. The van der Waals surface area contributed by atoms with Gasteiger partial charge in [0.2, 0.25) is 0 Å². The van der Waals surface area contributed by atoms with Crippen LogP contribution >= 0.6 is 0 Å². The van der Waals surface area contributed by atoms with Gasteiger partial charge in [-0.2, -0.15) is 10.2 Å². The van der Waals surface area contributed by atoms with Gasteiger partial charge in [0.15, 0.2) is 28.8 Å². The third-order valence-electron chi connectivity index (χ3n) is 15.9. The second kappa shape index (κ2) is 30.9. The van der Waals surface area contributed by atoms with Crippen LogP contribution in [0.1, 0.15) is 202 Å². The molecule has 92 heavy (non-hydrogen) atoms. The predicted molar refractivity (Wildman–Crippen MR) is 367 cm³/mol. The molecule has 2 aliphatic carbocycles. The molecule has 484 valence electrons. The monoisotopic (exact) mass is 1240 g/mol. The highest BCUT2D eigenvalue weighted by atomic mass is 16.5. The van der Waals surface area contributed by atoms with Gasteiger partial charge in [0.05, 0.1) is 28.9 Å². The van der Waals surface area contributed by atoms with Crippen LogP contribution in [0.15, 0.2) is 175 Å². The number of nitrogens with one attached hydrogen (secondary N) is 1. The van der Waals surface area contributed by atoms with Crippen molar-refractivity contribution in [3.05, 3.63) is 225 Å². The van der Waals surface area contributed by atoms with Crippen molar-refractivity contribution in [1.82, 2.24) is 19.6 Å². The maximum atomic E-state index is 13.9. The second-order valence-electron chi connectivity index (χ2n) is 27.9. The van der Waals surface area contributed by atoms with E-state index in [1.165, 1.54) is 0 Å². The Morgan fingerprint density at radius 2 is 0.935 bits per heavy atom. The molecule has 14 nitrogen and oxygen atoms in total. The number of carbonyl (C=O) groups excluding carboxylic acids is 4. The molecule has 1 unspecified atom stereocenters. The summed E-state index contributed by atoms with van der Waals surface area (Å²) in [6.07, 6.45) is 7.31. The zero-order valence-electron chi connectivity index (χ0n) is 56.1. The number of allylic oxidation sites excluding steroid dienone is 2. The molecule has 1 aliphatic heterocycles. The lowest BCUT2D eigenvalue weighted by atomic mass is 9.75. The number of aldehydes is 1. The zero-order chi connectivity index (χ0) is 66.2. The van der Waals surface area contributed by atoms with Gasteiger partial charge in [-0.15, -0.1) is 0 Å². The largest absolute Gasteiger partial charge is 0.485 e. The van der Waals surface area contributed by atoms with E-state index in [-0.39, 0.29) is 51.6 Å². The fourth-order valence-corrected chi connectivity index (χ4v) is 11.0. The molecule has 11 rings (SSSR count). The normalized spacial score (nSPS) is 15.0. The lowest BCUT2D eigenvalue weighted by Gasteiger charge is -2.33. The van der Waals surface area contributed by atoms with E-state index < -0.39 is 0 Å². The molecule has 3 aliphatic rings. The quantitative estimate of drug-likeness (QED) is 0.0599. The van der Waals surface area contributed by atoms with Gasteiger partial charge in [0.25, 0.3) is 0 Å². The van der Waals surface area contributed by atoms with Crippen LogP contribution in [-0.4, -0.2) is 43.2 Å². The van der Waals surface area contributed by atoms with E-state index in [1.807, 2.05) is 114 Å². The summed E-state index contributed by atoms with van der Waals surface area (Å²) in [5, 5.41) is 13.6. The summed E-state index contributed by atoms with van der Waals surface area (Å²) in [7, 11) is 0. The van der Waals surface area contributed by atoms with Crippen molar-refractivity contribution in [1.29, 1.82) is 0 Å². The van der Waals surface area contributed by atoms with E-state index in [0.717, 1.165) is 106 Å². The number of rotatable bonds is 14. The average molecular weight is 1240 g/mol. The van der Waals surface area contributed by atoms with Gasteiger partial charge < -0.3 is 30.0 Å². The Bertz CT molecular complexity index is 3770. The molecule has 0 radical (unpaired) electrons. The molecule has 0 saturated heterocycles. The van der Waals surface area contributed by atoms with Gasteiger partial charge in [0, 0.05) is 64.5 Å². The van der Waals surface area contributed by atoms with Gasteiger partial charge in [-0.3, -0.25) is 19.2 Å². The third-order valence-corrected chi connectivity index (χ3v) is 15.9. The number of aromatic nitrogens is 4. The van der Waals surface area contributed by atoms with E-state index >= 15 is 0 Å². The summed E-state index contributed by atoms with van der Waals surface area (Å²) in [4.78, 5) is 46.3. The number of hydrogen-bond acceptors (Lipinski definition) is 12. The minimum absolute atomic E-state index is 0.0480. The Hall–Kier alpha value is -9.04. The number of nitrogens with zero attached hydrogens (tertiary/aromatic N) is 4. The standard InChI is InChI=1S/C39H45N3O3.C21H18O3.C11H21N3.C7H10O2/c1-38(2,3)36-35-33(34-29(19-13-14-20-30(34)43)40-37(35)42(41-36)39(4,5)6)28-21-22-31(44-24-26-15-9-7-10-16-26)32(23-28)45-25-27-17-11-8-12-18-27;22-14-19-11-12-20(23-15-17-7-3-1-4-8-17)21(13-19)24-16-18-9-5-2-6-10-18;1-10(2,3)8-7-9(12)14(13-8)11(4,5)6;8-6-3-1-2-4-7(9)5-6/h7-12,15-18,21-23,33,40H,13-14,19-20,24-25H2,1-6H3;1-14H,15-16H2;7H,12H2,1-6H3;1-5H2. The Balaban J connectivity index is 0.000000191. The zero-order valence-corrected chi connectivity index (χ0v) is 56.1. The molecule has 1 fully saturated rings. The van der Waals surface area contributed by atoms with Crippen molar-refractivity contribution in [3.8, 4) is 23.0 Å². The van der Waals surface area contributed by atoms with E-state index in [0.29, 0.717) is 74.3 Å². The van der Waals surface area contributed by atoms with Gasteiger partial charge in [-0.25, -0.2) is 9.36 Å². The van der Waals surface area contributed by atoms with Crippen LogP contribution in [0.5, 0.6) is 23.0 Å². The number of carbonyl (C=O) groups is 4. The molecule has 14 heteroatoms. The van der Waals surface area contributed by atoms with Crippen LogP contribution in [0.4, 0.5) is 11.6 Å². The number of hydrogen-bond donors (Lipinski definition) is 2. The third kappa shape index (κ3) is 19.0. The van der Waals surface area contributed by atoms with Crippen LogP contribution in [0.3, 0.4) is 0 Å². The molecule has 2 aromatic heterocycles. The molecule has 3 heterocycles. The van der Waals surface area contributed by atoms with Crippen molar-refractivity contribution < 1.29 is 38.1 Å². The predicted octanol–water partition coefficient (Wildman–Crippen LogP) is 17.3. The Kier molecular flexibility index (Phi) is 23.1. The van der Waals surface area contributed by atoms with Gasteiger partial charge in [-0.05, 0) is 132 Å². The van der Waals surface area contributed by atoms with Crippen LogP contribution in [0.2, 0.25) is 0 Å². The van der Waals surface area contributed by atoms with Crippen LogP contribution in [-0.2, 0) is 62.7 Å². The fourth-order valence-electron chi connectivity index (χ4n) is 11.0. The number of ether oxygens (including phenoxy) is 4. The minimum atomic E-state index is -0.269. The highest BCUT2D eigenvalue weighted by molar-refractivity contribution is 6.01. The SMILES string of the molecule is CC(C)(C)c1cc(N)n(C(C)(C)C)n1.CC(C)(C)c1nn(C(C)(C)C)c2c1C(c1ccc(OCc3ccccc3)c(OCc3ccccc3)c1)C1=C(CCCCC1=O)N2.O=C1CCCCC(=O)C1.O=Cc1ccc(OCc2ccccc2)c(OCc2ccccc2)c1. The summed E-state index contributed by atoms with van der Waals surface area (Å²) in [6.45, 7) is 27.6. The summed E-state index contributed by atoms with van der Waals surface area (Å²) >= 11 is 0. The highest BCUT2D eigenvalue weighted by Crippen LogP contribution is 2.51. The lowest BCUT2D eigenvalue weighted by Crippen LogP contribution is -2.29. The first kappa shape index (κ1) is 68.9. The molecule has 0 spiro atoms. The Morgan fingerprint density at radius 3 is 1.36 bits per heavy atom. The van der Waals surface area contributed by atoms with E-state index in [2.05, 4.69) is 135 Å². The van der Waals surface area contributed by atoms with Crippen molar-refractivity contribution >= 4 is 35.3 Å². The fraction of sp³-hybridized carbons (Fsp3) is 0.385. The van der Waals surface area contributed by atoms with Crippen LogP contribution in [0.25, 0.3) is 0 Å². The summed E-state index contributed by atoms with van der Waals surface area (Å²) in [5.74, 6) is 4.45. The van der Waals surface area contributed by atoms with Crippen molar-refractivity contribution in [2.45, 2.75) is 195 Å². The first-order chi connectivity index (χ1) is 43.8. The molecule has 8 aromatic rings. The number of nitrogen functional groups attached to an aromatic ring is 1. The summed E-state index contributed by atoms with van der Waals surface area (Å²) < 4.78 is 28.6. The van der Waals surface area contributed by atoms with Crippen molar-refractivity contribution in [2.24, 2.45) is 0 Å². The van der Waals surface area contributed by atoms with E-state index in [1.54, 1.807) is 18.2 Å². The lowest BCUT2D eigenvalue weighted by molar-refractivity contribution is -0.126. The van der Waals surface area contributed by atoms with Gasteiger partial charge in [0.1, 0.15) is 55.9 Å². The summed E-state index contributed by atoms with van der Waals surface area (Å²) in [6, 6.07) is 53.5. The van der Waals surface area contributed by atoms with Gasteiger partial charge >= 0.3 is 0 Å². The number of ketones is 3. The molecule has 6 aromatic carbocycles. The molecule has 3 N–H and O–H groups in total. The molecular weight excluding hydrogens is 1150 g/mol. The molecular formula is C78H94N6O8. The minimum Gasteiger partial charge on any atom is -0.485 e. The number of Topliss-reactive ketones (excluding diaryl/α,β-unsaturated/α-hetero) is 3. The molecule has 0 amide bonds. The van der Waals surface area contributed by atoms with E-state index in [9.17, 15) is 19.2 Å².